The van der Waals surface area contributed by atoms with Crippen molar-refractivity contribution in [1.29, 1.82) is 0 Å². The third-order valence-electron chi connectivity index (χ3n) is 6.19. The minimum atomic E-state index is -0.313. The Kier molecular flexibility index (Phi) is 6.13. The average molecular weight is 441 g/mol. The second-order valence-corrected chi connectivity index (χ2v) is 8.62. The van der Waals surface area contributed by atoms with Gasteiger partial charge in [0.2, 0.25) is 0 Å². The van der Waals surface area contributed by atoms with Crippen molar-refractivity contribution in [2.75, 3.05) is 18.0 Å². The Morgan fingerprint density at radius 1 is 0.939 bits per heavy atom. The van der Waals surface area contributed by atoms with Crippen LogP contribution in [-0.2, 0) is 6.54 Å². The third-order valence-corrected chi connectivity index (χ3v) is 6.19. The van der Waals surface area contributed by atoms with Crippen LogP contribution in [0.3, 0.4) is 0 Å². The highest BCUT2D eigenvalue weighted by Gasteiger charge is 2.24. The summed E-state index contributed by atoms with van der Waals surface area (Å²) in [6.07, 6.45) is 2.06. The maximum Gasteiger partial charge on any atom is 0.338 e. The Labute approximate surface area is 193 Å². The molecular formula is C28H28N2O3. The van der Waals surface area contributed by atoms with Gasteiger partial charge in [-0.05, 0) is 74.8 Å². The monoisotopic (exact) mass is 440 g/mol. The lowest BCUT2D eigenvalue weighted by Gasteiger charge is -2.37. The molecular weight excluding hydrogens is 412 g/mol. The first kappa shape index (κ1) is 21.3. The van der Waals surface area contributed by atoms with E-state index < -0.39 is 0 Å². The van der Waals surface area contributed by atoms with E-state index >= 15 is 0 Å². The van der Waals surface area contributed by atoms with Crippen LogP contribution in [-0.4, -0.2) is 19.1 Å². The van der Waals surface area contributed by atoms with E-state index in [0.29, 0.717) is 18.2 Å². The number of nitrogens with one attached hydrogen (secondary N) is 1. The first-order valence-electron chi connectivity index (χ1n) is 11.5. The number of ether oxygens (including phenoxy) is 1. The van der Waals surface area contributed by atoms with E-state index in [2.05, 4.69) is 35.3 Å². The van der Waals surface area contributed by atoms with Gasteiger partial charge in [-0.3, -0.25) is 0 Å². The van der Waals surface area contributed by atoms with E-state index in [-0.39, 0.29) is 5.63 Å². The van der Waals surface area contributed by atoms with Crippen molar-refractivity contribution >= 4 is 16.7 Å². The van der Waals surface area contributed by atoms with Crippen LogP contribution in [0, 0.1) is 6.92 Å². The lowest BCUT2D eigenvalue weighted by molar-refractivity contribution is 0.428. The maximum atomic E-state index is 12.4. The molecule has 4 aromatic rings. The summed E-state index contributed by atoms with van der Waals surface area (Å²) in [6, 6.07) is 26.0. The number of nitrogens with zero attached hydrogens (tertiary/aromatic N) is 1. The molecule has 0 bridgehead atoms. The zero-order chi connectivity index (χ0) is 22.6. The number of fused-ring (bicyclic) bond motifs is 1. The summed E-state index contributed by atoms with van der Waals surface area (Å²) in [5, 5.41) is 4.43. The fourth-order valence-corrected chi connectivity index (χ4v) is 4.51. The van der Waals surface area contributed by atoms with Gasteiger partial charge in [-0.15, -0.1) is 0 Å². The number of rotatable bonds is 6. The first-order valence-corrected chi connectivity index (χ1v) is 11.5. The molecule has 0 radical (unpaired) electrons. The second-order valence-electron chi connectivity index (χ2n) is 8.62. The highest BCUT2D eigenvalue weighted by Crippen LogP contribution is 2.31. The molecule has 5 nitrogen and oxygen atoms in total. The molecule has 0 aliphatic carbocycles. The Morgan fingerprint density at radius 2 is 1.67 bits per heavy atom. The van der Waals surface area contributed by atoms with E-state index in [9.17, 15) is 4.79 Å². The molecule has 1 aromatic heterocycles. The standard InChI is InChI=1S/C28H28N2O3/c1-20-7-12-27-25(17-20)26(18-28(31)33-27)30(22-13-15-29-16-14-22)19-21-8-10-24(11-9-21)32-23-5-3-2-4-6-23/h2-12,17-18,22,29H,13-16,19H2,1H3. The van der Waals surface area contributed by atoms with Gasteiger partial charge in [0.05, 0.1) is 5.69 Å². The number of benzene rings is 3. The topological polar surface area (TPSA) is 54.7 Å². The number of aryl methyl sites for hydroxylation is 1. The zero-order valence-corrected chi connectivity index (χ0v) is 18.8. The predicted molar refractivity (Wildman–Crippen MR) is 132 cm³/mol. The SMILES string of the molecule is Cc1ccc2oc(=O)cc(N(Cc3ccc(Oc4ccccc4)cc3)C3CCNCC3)c2c1. The largest absolute Gasteiger partial charge is 0.457 e. The molecule has 5 rings (SSSR count). The van der Waals surface area contributed by atoms with Crippen LogP contribution in [0.1, 0.15) is 24.0 Å². The van der Waals surface area contributed by atoms with Crippen molar-refractivity contribution in [3.05, 3.63) is 100 Å². The molecule has 3 aromatic carbocycles. The van der Waals surface area contributed by atoms with E-state index in [4.69, 9.17) is 9.15 Å². The Hall–Kier alpha value is -3.57. The molecule has 168 valence electrons. The molecule has 0 atom stereocenters. The van der Waals surface area contributed by atoms with Crippen molar-refractivity contribution in [2.45, 2.75) is 32.4 Å². The normalized spacial score (nSPS) is 14.3. The maximum absolute atomic E-state index is 12.4. The van der Waals surface area contributed by atoms with Gasteiger partial charge in [0.1, 0.15) is 17.1 Å². The molecule has 5 heteroatoms. The fraction of sp³-hybridized carbons (Fsp3) is 0.250. The van der Waals surface area contributed by atoms with Crippen molar-refractivity contribution in [3.63, 3.8) is 0 Å². The lowest BCUT2D eigenvalue weighted by Crippen LogP contribution is -2.43. The summed E-state index contributed by atoms with van der Waals surface area (Å²) in [5.74, 6) is 1.62. The number of hydrogen-bond acceptors (Lipinski definition) is 5. The van der Waals surface area contributed by atoms with Crippen molar-refractivity contribution in [3.8, 4) is 11.5 Å². The number of para-hydroxylation sites is 1. The Bertz CT molecular complexity index is 1280. The summed E-state index contributed by atoms with van der Waals surface area (Å²) >= 11 is 0. The molecule has 0 saturated carbocycles. The van der Waals surface area contributed by atoms with E-state index in [1.807, 2.05) is 54.6 Å². The summed E-state index contributed by atoms with van der Waals surface area (Å²) in [5.41, 5.74) is 3.58. The van der Waals surface area contributed by atoms with Gasteiger partial charge in [-0.1, -0.05) is 42.0 Å². The smallest absolute Gasteiger partial charge is 0.338 e. The van der Waals surface area contributed by atoms with Crippen molar-refractivity contribution in [2.24, 2.45) is 0 Å². The summed E-state index contributed by atoms with van der Waals surface area (Å²) in [6.45, 7) is 4.73. The van der Waals surface area contributed by atoms with Crippen LogP contribution >= 0.6 is 0 Å². The van der Waals surface area contributed by atoms with Crippen LogP contribution in [0.15, 0.2) is 88.1 Å². The van der Waals surface area contributed by atoms with Crippen molar-refractivity contribution < 1.29 is 9.15 Å². The predicted octanol–water partition coefficient (Wildman–Crippen LogP) is 5.65. The molecule has 1 N–H and O–H groups in total. The van der Waals surface area contributed by atoms with Gasteiger partial charge in [-0.2, -0.15) is 0 Å². The van der Waals surface area contributed by atoms with Gasteiger partial charge in [-0.25, -0.2) is 4.79 Å². The van der Waals surface area contributed by atoms with E-state index in [1.54, 1.807) is 6.07 Å². The van der Waals surface area contributed by atoms with Gasteiger partial charge >= 0.3 is 5.63 Å². The molecule has 2 heterocycles. The summed E-state index contributed by atoms with van der Waals surface area (Å²) in [7, 11) is 0. The van der Waals surface area contributed by atoms with E-state index in [0.717, 1.165) is 54.1 Å². The van der Waals surface area contributed by atoms with Crippen LogP contribution in [0.25, 0.3) is 11.0 Å². The summed E-state index contributed by atoms with van der Waals surface area (Å²) < 4.78 is 11.5. The molecule has 0 spiro atoms. The number of hydrogen-bond donors (Lipinski definition) is 1. The minimum absolute atomic E-state index is 0.313. The zero-order valence-electron chi connectivity index (χ0n) is 18.8. The van der Waals surface area contributed by atoms with Gasteiger partial charge in [0.15, 0.2) is 0 Å². The van der Waals surface area contributed by atoms with Crippen LogP contribution in [0.5, 0.6) is 11.5 Å². The molecule has 1 saturated heterocycles. The van der Waals surface area contributed by atoms with Gasteiger partial charge < -0.3 is 19.4 Å². The quantitative estimate of drug-likeness (QED) is 0.393. The molecule has 1 fully saturated rings. The van der Waals surface area contributed by atoms with Gasteiger partial charge in [0, 0.05) is 24.0 Å². The summed E-state index contributed by atoms with van der Waals surface area (Å²) in [4.78, 5) is 14.8. The fourth-order valence-electron chi connectivity index (χ4n) is 4.51. The van der Waals surface area contributed by atoms with Gasteiger partial charge in [0.25, 0.3) is 0 Å². The molecule has 1 aliphatic rings. The van der Waals surface area contributed by atoms with E-state index in [1.165, 1.54) is 5.56 Å². The minimum Gasteiger partial charge on any atom is -0.457 e. The third kappa shape index (κ3) is 4.94. The Morgan fingerprint density at radius 3 is 2.42 bits per heavy atom. The highest BCUT2D eigenvalue weighted by atomic mass is 16.5. The lowest BCUT2D eigenvalue weighted by atomic mass is 10.0. The molecule has 0 amide bonds. The average Bonchev–Trinajstić information content (AvgIpc) is 2.85. The van der Waals surface area contributed by atoms with Crippen LogP contribution in [0.4, 0.5) is 5.69 Å². The van der Waals surface area contributed by atoms with Crippen LogP contribution in [0.2, 0.25) is 0 Å². The second kappa shape index (κ2) is 9.51. The molecule has 0 unspecified atom stereocenters. The first-order chi connectivity index (χ1) is 16.2. The molecule has 1 aliphatic heterocycles. The Balaban J connectivity index is 1.47. The van der Waals surface area contributed by atoms with Crippen molar-refractivity contribution in [1.82, 2.24) is 5.32 Å². The number of piperidine rings is 1. The molecule has 33 heavy (non-hydrogen) atoms. The highest BCUT2D eigenvalue weighted by molar-refractivity contribution is 5.90. The number of anilines is 1. The van der Waals surface area contributed by atoms with Crippen LogP contribution < -0.4 is 20.6 Å².